The number of nitrogens with zero attached hydrogens (tertiary/aromatic N) is 5. The van der Waals surface area contributed by atoms with Gasteiger partial charge in [-0.2, -0.15) is 9.78 Å². The van der Waals surface area contributed by atoms with Crippen LogP contribution in [0.1, 0.15) is 33.7 Å². The Balaban J connectivity index is 1.75. The molecule has 2 amide bonds. The van der Waals surface area contributed by atoms with Crippen LogP contribution < -0.4 is 10.6 Å². The summed E-state index contributed by atoms with van der Waals surface area (Å²) in [5.74, 6) is -0.934. The molecule has 13 heteroatoms. The van der Waals surface area contributed by atoms with Gasteiger partial charge >= 0.3 is 5.82 Å². The topological polar surface area (TPSA) is 150 Å². The zero-order valence-electron chi connectivity index (χ0n) is 15.4. The second-order valence-corrected chi connectivity index (χ2v) is 6.66. The lowest BCUT2D eigenvalue weighted by atomic mass is 10.3. The van der Waals surface area contributed by atoms with Gasteiger partial charge in [0.2, 0.25) is 0 Å². The first-order valence-electron chi connectivity index (χ1n) is 8.39. The van der Waals surface area contributed by atoms with Crippen LogP contribution in [0.3, 0.4) is 0 Å². The second-order valence-electron chi connectivity index (χ2n) is 5.80. The molecule has 3 aromatic heterocycles. The van der Waals surface area contributed by atoms with Crippen LogP contribution in [0.2, 0.25) is 0 Å². The van der Waals surface area contributed by atoms with E-state index in [4.69, 9.17) is 4.42 Å². The number of nitro groups is 1. The molecule has 29 heavy (non-hydrogen) atoms. The van der Waals surface area contributed by atoms with Crippen LogP contribution >= 0.6 is 15.9 Å². The lowest BCUT2D eigenvalue weighted by Crippen LogP contribution is -2.21. The number of halogens is 1. The summed E-state index contributed by atoms with van der Waals surface area (Å²) in [6.45, 7) is 2.47. The van der Waals surface area contributed by atoms with E-state index in [1.807, 2.05) is 6.92 Å². The van der Waals surface area contributed by atoms with E-state index in [0.29, 0.717) is 12.3 Å². The van der Waals surface area contributed by atoms with Crippen molar-refractivity contribution in [3.05, 3.63) is 56.3 Å². The van der Waals surface area contributed by atoms with Crippen LogP contribution in [0.15, 0.2) is 33.4 Å². The monoisotopic (exact) mass is 465 g/mol. The fourth-order valence-corrected chi connectivity index (χ4v) is 2.94. The molecular weight excluding hydrogens is 450 g/mol. The molecule has 0 aliphatic rings. The fourth-order valence-electron chi connectivity index (χ4n) is 2.48. The third-order valence-electron chi connectivity index (χ3n) is 3.85. The highest BCUT2D eigenvalue weighted by Crippen LogP contribution is 2.23. The van der Waals surface area contributed by atoms with E-state index in [9.17, 15) is 19.7 Å². The minimum absolute atomic E-state index is 0.00725. The van der Waals surface area contributed by atoms with Gasteiger partial charge in [0.15, 0.2) is 11.5 Å². The smallest absolute Gasteiger partial charge is 0.404 e. The van der Waals surface area contributed by atoms with Crippen molar-refractivity contribution in [2.24, 2.45) is 0 Å². The number of nitrogens with one attached hydrogen (secondary N) is 2. The van der Waals surface area contributed by atoms with Crippen LogP contribution in [-0.2, 0) is 13.1 Å². The molecule has 0 radical (unpaired) electrons. The Bertz CT molecular complexity index is 1080. The number of anilines is 1. The third kappa shape index (κ3) is 4.34. The van der Waals surface area contributed by atoms with Crippen molar-refractivity contribution < 1.29 is 18.9 Å². The molecule has 0 unspecified atom stereocenters. The predicted molar refractivity (Wildman–Crippen MR) is 104 cm³/mol. The first-order valence-corrected chi connectivity index (χ1v) is 9.18. The van der Waals surface area contributed by atoms with Crippen LogP contribution in [0, 0.1) is 10.1 Å². The molecule has 2 N–H and O–H groups in total. The molecule has 152 valence electrons. The van der Waals surface area contributed by atoms with Crippen molar-refractivity contribution >= 4 is 39.2 Å². The highest BCUT2D eigenvalue weighted by atomic mass is 79.9. The fraction of sp³-hybridized carbons (Fsp3) is 0.250. The van der Waals surface area contributed by atoms with Gasteiger partial charge in [-0.1, -0.05) is 0 Å². The Labute approximate surface area is 172 Å². The molecule has 0 aromatic carbocycles. The Kier molecular flexibility index (Phi) is 5.77. The number of aromatic nitrogens is 4. The van der Waals surface area contributed by atoms with Gasteiger partial charge in [-0.15, -0.1) is 0 Å². The first-order chi connectivity index (χ1) is 13.8. The largest absolute Gasteiger partial charge is 0.454 e. The second kappa shape index (κ2) is 8.26. The van der Waals surface area contributed by atoms with E-state index >= 15 is 0 Å². The van der Waals surface area contributed by atoms with Gasteiger partial charge in [0, 0.05) is 19.8 Å². The van der Waals surface area contributed by atoms with E-state index in [0.717, 1.165) is 0 Å². The van der Waals surface area contributed by atoms with Gasteiger partial charge in [0.05, 0.1) is 17.0 Å². The average Bonchev–Trinajstić information content (AvgIpc) is 3.40. The van der Waals surface area contributed by atoms with Gasteiger partial charge in [-0.05, 0) is 39.9 Å². The number of hydrogen-bond donors (Lipinski definition) is 2. The normalized spacial score (nSPS) is 10.7. The molecule has 0 aliphatic carbocycles. The molecular formula is C16H16BrN7O5. The molecule has 12 nitrogen and oxygen atoms in total. The molecule has 0 aliphatic heterocycles. The number of amides is 2. The molecule has 0 saturated heterocycles. The highest BCUT2D eigenvalue weighted by molar-refractivity contribution is 9.10. The standard InChI is InChI=1S/C16H16BrN7O5/c1-3-22-8-11(13(20-22)16(26)18-2)19-15(25)12-5-4-9(29-12)6-23-7-10(17)14(21-23)24(27)28/h4-5,7-8H,3,6H2,1-2H3,(H,18,26)(H,19,25). The average molecular weight is 466 g/mol. The lowest BCUT2D eigenvalue weighted by Gasteiger charge is -2.02. The number of carbonyl (C=O) groups excluding carboxylic acids is 2. The maximum Gasteiger partial charge on any atom is 0.404 e. The molecule has 3 heterocycles. The van der Waals surface area contributed by atoms with Crippen molar-refractivity contribution in [3.63, 3.8) is 0 Å². The molecule has 0 bridgehead atoms. The number of hydrogen-bond acceptors (Lipinski definition) is 7. The summed E-state index contributed by atoms with van der Waals surface area (Å²) in [6.07, 6.45) is 2.99. The number of furan rings is 1. The van der Waals surface area contributed by atoms with Gasteiger partial charge in [0.1, 0.15) is 16.8 Å². The first kappa shape index (κ1) is 20.3. The Hall–Kier alpha value is -3.48. The van der Waals surface area contributed by atoms with Crippen LogP contribution in [0.5, 0.6) is 0 Å². The lowest BCUT2D eigenvalue weighted by molar-refractivity contribution is -0.390. The molecule has 0 fully saturated rings. The summed E-state index contributed by atoms with van der Waals surface area (Å²) >= 11 is 3.07. The van der Waals surface area contributed by atoms with Crippen molar-refractivity contribution in [2.75, 3.05) is 12.4 Å². The summed E-state index contributed by atoms with van der Waals surface area (Å²) in [7, 11) is 1.47. The van der Waals surface area contributed by atoms with Gasteiger partial charge in [-0.3, -0.25) is 14.3 Å². The van der Waals surface area contributed by atoms with E-state index < -0.39 is 16.7 Å². The molecule has 3 rings (SSSR count). The summed E-state index contributed by atoms with van der Waals surface area (Å²) in [5, 5.41) is 23.9. The summed E-state index contributed by atoms with van der Waals surface area (Å²) in [6, 6.07) is 3.02. The number of aryl methyl sites for hydroxylation is 1. The van der Waals surface area contributed by atoms with E-state index in [-0.39, 0.29) is 34.0 Å². The molecule has 0 spiro atoms. The number of carbonyl (C=O) groups is 2. The van der Waals surface area contributed by atoms with Crippen LogP contribution in [-0.4, -0.2) is 43.3 Å². The quantitative estimate of drug-likeness (QED) is 0.400. The Morgan fingerprint density at radius 1 is 1.24 bits per heavy atom. The molecule has 0 saturated carbocycles. The van der Waals surface area contributed by atoms with Gasteiger partial charge < -0.3 is 25.2 Å². The SMILES string of the molecule is CCn1cc(NC(=O)c2ccc(Cn3cc(Br)c([N+](=O)[O-])n3)o2)c(C(=O)NC)n1. The minimum Gasteiger partial charge on any atom is -0.454 e. The van der Waals surface area contributed by atoms with Gasteiger partial charge in [-0.25, -0.2) is 0 Å². The summed E-state index contributed by atoms with van der Waals surface area (Å²) in [5.41, 5.74) is 0.337. The Morgan fingerprint density at radius 3 is 2.62 bits per heavy atom. The van der Waals surface area contributed by atoms with E-state index in [2.05, 4.69) is 36.8 Å². The minimum atomic E-state index is -0.609. The Morgan fingerprint density at radius 2 is 2.00 bits per heavy atom. The molecule has 3 aromatic rings. The van der Waals surface area contributed by atoms with Crippen LogP contribution in [0.4, 0.5) is 11.5 Å². The zero-order chi connectivity index (χ0) is 21.1. The van der Waals surface area contributed by atoms with Crippen molar-refractivity contribution in [1.82, 2.24) is 24.9 Å². The van der Waals surface area contributed by atoms with Crippen molar-refractivity contribution in [3.8, 4) is 0 Å². The predicted octanol–water partition coefficient (Wildman–Crippen LogP) is 2.02. The number of rotatable bonds is 7. The van der Waals surface area contributed by atoms with E-state index in [1.165, 1.54) is 28.7 Å². The molecule has 0 atom stereocenters. The maximum atomic E-state index is 12.5. The third-order valence-corrected chi connectivity index (χ3v) is 4.41. The highest BCUT2D eigenvalue weighted by Gasteiger charge is 2.22. The van der Waals surface area contributed by atoms with Crippen molar-refractivity contribution in [2.45, 2.75) is 20.0 Å². The van der Waals surface area contributed by atoms with E-state index in [1.54, 1.807) is 12.3 Å². The van der Waals surface area contributed by atoms with Crippen molar-refractivity contribution in [1.29, 1.82) is 0 Å². The summed E-state index contributed by atoms with van der Waals surface area (Å²) < 4.78 is 8.58. The maximum absolute atomic E-state index is 12.5. The van der Waals surface area contributed by atoms with Gasteiger partial charge in [0.25, 0.3) is 11.8 Å². The van der Waals surface area contributed by atoms with Crippen LogP contribution in [0.25, 0.3) is 0 Å². The zero-order valence-corrected chi connectivity index (χ0v) is 17.0. The summed E-state index contributed by atoms with van der Waals surface area (Å²) in [4.78, 5) is 34.7.